The lowest BCUT2D eigenvalue weighted by atomic mass is 10.2. The zero-order valence-electron chi connectivity index (χ0n) is 5.66. The average Bonchev–Trinajstić information content (AvgIpc) is 2.41. The van der Waals surface area contributed by atoms with E-state index in [1.165, 1.54) is 4.90 Å². The standard InChI is InChI=1S/C6H6N2O2S/c9-4-2-1-3-5(10)7-6(11)8(3)4/h3H,1-2H2,(H,7,10,11). The van der Waals surface area contributed by atoms with Crippen LogP contribution in [0.25, 0.3) is 0 Å². The third kappa shape index (κ3) is 0.773. The van der Waals surface area contributed by atoms with Gasteiger partial charge in [0.1, 0.15) is 6.04 Å². The van der Waals surface area contributed by atoms with E-state index in [-0.39, 0.29) is 23.0 Å². The van der Waals surface area contributed by atoms with Gasteiger partial charge in [0.2, 0.25) is 11.8 Å². The first-order valence-corrected chi connectivity index (χ1v) is 3.78. The fourth-order valence-electron chi connectivity index (χ4n) is 1.44. The zero-order valence-corrected chi connectivity index (χ0v) is 6.48. The Kier molecular flexibility index (Phi) is 1.23. The number of fused-ring (bicyclic) bond motifs is 1. The molecular weight excluding hydrogens is 164 g/mol. The second kappa shape index (κ2) is 2.01. The first kappa shape index (κ1) is 6.72. The predicted molar refractivity (Wildman–Crippen MR) is 40.6 cm³/mol. The van der Waals surface area contributed by atoms with E-state index in [1.54, 1.807) is 0 Å². The number of rotatable bonds is 0. The molecule has 2 rings (SSSR count). The van der Waals surface area contributed by atoms with E-state index in [1.807, 2.05) is 0 Å². The molecule has 2 heterocycles. The summed E-state index contributed by atoms with van der Waals surface area (Å²) >= 11 is 4.78. The minimum Gasteiger partial charge on any atom is -0.301 e. The summed E-state index contributed by atoms with van der Waals surface area (Å²) in [6.45, 7) is 0. The van der Waals surface area contributed by atoms with Crippen molar-refractivity contribution in [3.05, 3.63) is 0 Å². The Morgan fingerprint density at radius 1 is 1.55 bits per heavy atom. The summed E-state index contributed by atoms with van der Waals surface area (Å²) in [5.74, 6) is -0.181. The number of nitrogens with zero attached hydrogens (tertiary/aromatic N) is 1. The van der Waals surface area contributed by atoms with Crippen LogP contribution >= 0.6 is 12.2 Å². The van der Waals surface area contributed by atoms with Crippen LogP contribution in [0.1, 0.15) is 12.8 Å². The Morgan fingerprint density at radius 2 is 2.27 bits per heavy atom. The van der Waals surface area contributed by atoms with Gasteiger partial charge in [-0.15, -0.1) is 0 Å². The summed E-state index contributed by atoms with van der Waals surface area (Å²) in [5.41, 5.74) is 0. The highest BCUT2D eigenvalue weighted by molar-refractivity contribution is 7.80. The topological polar surface area (TPSA) is 49.4 Å². The maximum atomic E-state index is 11.1. The molecule has 2 aliphatic heterocycles. The first-order valence-electron chi connectivity index (χ1n) is 3.37. The molecule has 0 bridgehead atoms. The number of hydrogen-bond donors (Lipinski definition) is 1. The van der Waals surface area contributed by atoms with Crippen molar-refractivity contribution in [2.75, 3.05) is 0 Å². The van der Waals surface area contributed by atoms with Gasteiger partial charge in [-0.3, -0.25) is 14.5 Å². The SMILES string of the molecule is O=C1NC(=S)N2C(=O)CCC12. The molecule has 1 atom stereocenters. The fourth-order valence-corrected chi connectivity index (χ4v) is 1.77. The normalized spacial score (nSPS) is 29.3. The molecular formula is C6H6N2O2S. The summed E-state index contributed by atoms with van der Waals surface area (Å²) in [4.78, 5) is 23.4. The molecule has 11 heavy (non-hydrogen) atoms. The Labute approximate surface area is 68.5 Å². The fraction of sp³-hybridized carbons (Fsp3) is 0.500. The monoisotopic (exact) mass is 170 g/mol. The second-order valence-electron chi connectivity index (χ2n) is 2.61. The Hall–Kier alpha value is -0.970. The summed E-state index contributed by atoms with van der Waals surface area (Å²) < 4.78 is 0. The molecule has 5 heteroatoms. The number of thiocarbonyl (C=S) groups is 1. The van der Waals surface area contributed by atoms with E-state index in [4.69, 9.17) is 12.2 Å². The van der Waals surface area contributed by atoms with Crippen LogP contribution in [0.15, 0.2) is 0 Å². The van der Waals surface area contributed by atoms with Crippen LogP contribution in [-0.4, -0.2) is 27.9 Å². The van der Waals surface area contributed by atoms with Crippen molar-refractivity contribution < 1.29 is 9.59 Å². The third-order valence-corrected chi connectivity index (χ3v) is 2.26. The largest absolute Gasteiger partial charge is 0.301 e. The molecule has 0 aromatic rings. The number of nitrogens with one attached hydrogen (secondary N) is 1. The second-order valence-corrected chi connectivity index (χ2v) is 3.00. The van der Waals surface area contributed by atoms with Gasteiger partial charge in [0.05, 0.1) is 0 Å². The molecule has 2 saturated heterocycles. The number of carbonyl (C=O) groups is 2. The van der Waals surface area contributed by atoms with Crippen molar-refractivity contribution in [3.63, 3.8) is 0 Å². The minimum absolute atomic E-state index is 0.0432. The predicted octanol–water partition coefficient (Wildman–Crippen LogP) is -0.608. The van der Waals surface area contributed by atoms with E-state index < -0.39 is 0 Å². The maximum Gasteiger partial charge on any atom is 0.249 e. The summed E-state index contributed by atoms with van der Waals surface area (Å²) in [6.07, 6.45) is 1.04. The van der Waals surface area contributed by atoms with Crippen LogP contribution in [-0.2, 0) is 9.59 Å². The van der Waals surface area contributed by atoms with E-state index in [2.05, 4.69) is 5.32 Å². The van der Waals surface area contributed by atoms with Gasteiger partial charge in [-0.25, -0.2) is 0 Å². The lowest BCUT2D eigenvalue weighted by Crippen LogP contribution is -2.32. The molecule has 2 fully saturated rings. The van der Waals surface area contributed by atoms with Crippen LogP contribution in [0.5, 0.6) is 0 Å². The summed E-state index contributed by atoms with van der Waals surface area (Å²) in [5, 5.41) is 2.71. The van der Waals surface area contributed by atoms with Crippen molar-refractivity contribution in [3.8, 4) is 0 Å². The van der Waals surface area contributed by atoms with Crippen molar-refractivity contribution in [2.45, 2.75) is 18.9 Å². The van der Waals surface area contributed by atoms with Crippen LogP contribution in [0.2, 0.25) is 0 Å². The van der Waals surface area contributed by atoms with Crippen molar-refractivity contribution in [2.24, 2.45) is 0 Å². The van der Waals surface area contributed by atoms with E-state index >= 15 is 0 Å². The molecule has 2 aliphatic rings. The Bertz CT molecular complexity index is 261. The molecule has 0 aromatic heterocycles. The molecule has 0 spiro atoms. The van der Waals surface area contributed by atoms with Gasteiger partial charge < -0.3 is 5.32 Å². The van der Waals surface area contributed by atoms with Crippen LogP contribution in [0.4, 0.5) is 0 Å². The number of carbonyl (C=O) groups excluding carboxylic acids is 2. The molecule has 0 aromatic carbocycles. The molecule has 0 saturated carbocycles. The summed E-state index contributed by atoms with van der Waals surface area (Å²) in [7, 11) is 0. The molecule has 0 radical (unpaired) electrons. The van der Waals surface area contributed by atoms with Crippen LogP contribution in [0, 0.1) is 0 Å². The van der Waals surface area contributed by atoms with E-state index in [0.29, 0.717) is 12.8 Å². The highest BCUT2D eigenvalue weighted by Gasteiger charge is 2.44. The lowest BCUT2D eigenvalue weighted by Gasteiger charge is -2.09. The van der Waals surface area contributed by atoms with Crippen LogP contribution < -0.4 is 5.32 Å². The van der Waals surface area contributed by atoms with E-state index in [9.17, 15) is 9.59 Å². The van der Waals surface area contributed by atoms with Gasteiger partial charge >= 0.3 is 0 Å². The van der Waals surface area contributed by atoms with Gasteiger partial charge in [-0.05, 0) is 18.6 Å². The Morgan fingerprint density at radius 3 is 2.91 bits per heavy atom. The Balaban J connectivity index is 2.35. The van der Waals surface area contributed by atoms with Crippen LogP contribution in [0.3, 0.4) is 0 Å². The van der Waals surface area contributed by atoms with Crippen molar-refractivity contribution in [1.29, 1.82) is 0 Å². The van der Waals surface area contributed by atoms with E-state index in [0.717, 1.165) is 0 Å². The first-order chi connectivity index (χ1) is 5.20. The number of amides is 2. The van der Waals surface area contributed by atoms with Gasteiger partial charge in [0.15, 0.2) is 5.11 Å². The molecule has 1 unspecified atom stereocenters. The van der Waals surface area contributed by atoms with Crippen molar-refractivity contribution in [1.82, 2.24) is 10.2 Å². The summed E-state index contributed by atoms with van der Waals surface area (Å²) in [6, 6.07) is -0.310. The van der Waals surface area contributed by atoms with Crippen molar-refractivity contribution >= 4 is 29.1 Å². The van der Waals surface area contributed by atoms with Gasteiger partial charge in [-0.2, -0.15) is 0 Å². The maximum absolute atomic E-state index is 11.1. The zero-order chi connectivity index (χ0) is 8.01. The molecule has 58 valence electrons. The molecule has 4 nitrogen and oxygen atoms in total. The quantitative estimate of drug-likeness (QED) is 0.493. The van der Waals surface area contributed by atoms with Gasteiger partial charge in [-0.1, -0.05) is 0 Å². The third-order valence-electron chi connectivity index (χ3n) is 1.96. The lowest BCUT2D eigenvalue weighted by molar-refractivity contribution is -0.128. The molecule has 1 N–H and O–H groups in total. The highest BCUT2D eigenvalue weighted by atomic mass is 32.1. The van der Waals surface area contributed by atoms with Gasteiger partial charge in [0, 0.05) is 6.42 Å². The average molecular weight is 170 g/mol. The minimum atomic E-state index is -0.310. The van der Waals surface area contributed by atoms with Gasteiger partial charge in [0.25, 0.3) is 0 Å². The molecule has 2 amide bonds. The smallest absolute Gasteiger partial charge is 0.249 e. The number of hydrogen-bond acceptors (Lipinski definition) is 3. The molecule has 0 aliphatic carbocycles. The highest BCUT2D eigenvalue weighted by Crippen LogP contribution is 2.22.